The van der Waals surface area contributed by atoms with E-state index in [4.69, 9.17) is 32.3 Å². The monoisotopic (exact) mass is 1680 g/mol. The van der Waals surface area contributed by atoms with Gasteiger partial charge in [-0.1, -0.05) is 418 Å². The summed E-state index contributed by atoms with van der Waals surface area (Å²) in [6, 6.07) is 0. The highest BCUT2D eigenvalue weighted by Gasteiger charge is 2.30. The first kappa shape index (κ1) is 113. The number of rotatable bonds is 90. The van der Waals surface area contributed by atoms with Crippen LogP contribution >= 0.6 is 15.6 Å². The zero-order valence-electron chi connectivity index (χ0n) is 74.6. The number of ether oxygens (including phenoxy) is 3. The zero-order chi connectivity index (χ0) is 85.1. The Hall–Kier alpha value is -4.31. The van der Waals surface area contributed by atoms with Gasteiger partial charge < -0.3 is 34.2 Å². The lowest BCUT2D eigenvalue weighted by atomic mass is 10.0. The number of phosphoric acid groups is 2. The van der Waals surface area contributed by atoms with E-state index in [1.54, 1.807) is 0 Å². The minimum absolute atomic E-state index is 0.110. The Labute approximate surface area is 715 Å². The fraction of sp³-hybridized carbons (Fsp3) is 0.747. The summed E-state index contributed by atoms with van der Waals surface area (Å²) in [4.78, 5) is 59.0. The van der Waals surface area contributed by atoms with Crippen LogP contribution in [0.5, 0.6) is 0 Å². The van der Waals surface area contributed by atoms with Crippen LogP contribution in [0.15, 0.2) is 134 Å². The largest absolute Gasteiger partial charge is 0.472 e. The highest BCUT2D eigenvalue weighted by Crippen LogP contribution is 2.45. The van der Waals surface area contributed by atoms with Gasteiger partial charge in [-0.25, -0.2) is 9.13 Å². The van der Waals surface area contributed by atoms with Crippen molar-refractivity contribution in [3.8, 4) is 0 Å². The van der Waals surface area contributed by atoms with E-state index in [9.17, 15) is 43.5 Å². The Morgan fingerprint density at radius 3 is 0.718 bits per heavy atom. The first-order chi connectivity index (χ1) is 57.2. The maximum absolute atomic E-state index is 13.0. The van der Waals surface area contributed by atoms with Gasteiger partial charge in [0, 0.05) is 19.3 Å². The molecule has 0 aromatic heterocycles. The summed E-state index contributed by atoms with van der Waals surface area (Å²) in [6.07, 6.45) is 114. The number of aliphatic hydroxyl groups excluding tert-OH is 2. The lowest BCUT2D eigenvalue weighted by Crippen LogP contribution is -2.30. The number of hydrogen-bond acceptors (Lipinski definition) is 14. The number of allylic oxidation sites excluding steroid dienone is 22. The average Bonchev–Trinajstić information content (AvgIpc) is 0.874. The van der Waals surface area contributed by atoms with Gasteiger partial charge in [-0.2, -0.15) is 0 Å². The second kappa shape index (κ2) is 90.9. The Morgan fingerprint density at radius 2 is 0.453 bits per heavy atom. The minimum Gasteiger partial charge on any atom is -0.463 e. The van der Waals surface area contributed by atoms with Crippen molar-refractivity contribution >= 4 is 33.6 Å². The molecule has 4 N–H and O–H groups in total. The van der Waals surface area contributed by atoms with Crippen LogP contribution in [0.3, 0.4) is 0 Å². The van der Waals surface area contributed by atoms with Crippen LogP contribution in [-0.2, 0) is 55.8 Å². The summed E-state index contributed by atoms with van der Waals surface area (Å²) in [5.74, 6) is -1.55. The molecule has 0 saturated carbocycles. The van der Waals surface area contributed by atoms with E-state index in [1.807, 2.05) is 0 Å². The molecule has 0 heterocycles. The van der Waals surface area contributed by atoms with Crippen LogP contribution in [0.25, 0.3) is 0 Å². The molecule has 0 aromatic rings. The number of unbranched alkanes of at least 4 members (excludes halogenated alkanes) is 45. The Balaban J connectivity index is 4.43. The van der Waals surface area contributed by atoms with E-state index in [1.165, 1.54) is 218 Å². The van der Waals surface area contributed by atoms with Crippen LogP contribution in [0.2, 0.25) is 0 Å². The van der Waals surface area contributed by atoms with Crippen molar-refractivity contribution in [2.45, 2.75) is 437 Å². The third kappa shape index (κ3) is 92.3. The van der Waals surface area contributed by atoms with Crippen molar-refractivity contribution in [2.24, 2.45) is 0 Å². The van der Waals surface area contributed by atoms with Crippen LogP contribution < -0.4 is 0 Å². The normalized spacial score (nSPS) is 14.4. The molecule has 676 valence electrons. The number of hydrogen-bond donors (Lipinski definition) is 4. The first-order valence-electron chi connectivity index (χ1n) is 47.5. The van der Waals surface area contributed by atoms with Gasteiger partial charge >= 0.3 is 33.6 Å². The summed E-state index contributed by atoms with van der Waals surface area (Å²) < 4.78 is 61.5. The molecule has 0 saturated heterocycles. The molecule has 5 unspecified atom stereocenters. The van der Waals surface area contributed by atoms with E-state index in [0.717, 1.165) is 141 Å². The van der Waals surface area contributed by atoms with E-state index >= 15 is 0 Å². The zero-order valence-corrected chi connectivity index (χ0v) is 76.4. The van der Waals surface area contributed by atoms with Crippen molar-refractivity contribution < 1.29 is 75.8 Å². The van der Waals surface area contributed by atoms with Gasteiger partial charge in [0.15, 0.2) is 6.10 Å². The molecule has 0 spiro atoms. The molecule has 0 amide bonds. The van der Waals surface area contributed by atoms with Gasteiger partial charge in [0.1, 0.15) is 25.4 Å². The molecule has 18 heteroatoms. The quantitative estimate of drug-likeness (QED) is 0.0146. The predicted octanol–water partition coefficient (Wildman–Crippen LogP) is 29.3. The molecular formula is C99H174O16P2. The highest BCUT2D eigenvalue weighted by atomic mass is 31.2. The number of carbonyl (C=O) groups is 3. The highest BCUT2D eigenvalue weighted by molar-refractivity contribution is 7.47. The second-order valence-corrected chi connectivity index (χ2v) is 34.7. The number of esters is 3. The number of phosphoric ester groups is 2. The van der Waals surface area contributed by atoms with Crippen LogP contribution in [0, 0.1) is 0 Å². The van der Waals surface area contributed by atoms with Gasteiger partial charge in [0.25, 0.3) is 0 Å². The third-order valence-electron chi connectivity index (χ3n) is 20.4. The molecule has 0 rings (SSSR count). The van der Waals surface area contributed by atoms with E-state index < -0.39 is 91.5 Å². The summed E-state index contributed by atoms with van der Waals surface area (Å²) in [5.41, 5.74) is 0. The topological polar surface area (TPSA) is 231 Å². The molecule has 117 heavy (non-hydrogen) atoms. The fourth-order valence-electron chi connectivity index (χ4n) is 13.3. The molecule has 0 aliphatic rings. The molecule has 0 aromatic carbocycles. The lowest BCUT2D eigenvalue weighted by Gasteiger charge is -2.21. The summed E-state index contributed by atoms with van der Waals surface area (Å²) in [6.45, 7) is 2.54. The number of aliphatic hydroxyl groups is 2. The SMILES string of the molecule is CC/C=C\C/C=C\C/C=C\C/C=C\C/C=C\C/C=C\CCCCCCCCCCCCCCCCC(=O)OCC(O)COP(=O)(O)OCC(O)COP(=O)(O)OCC(COC(=O)CCCCCCCCCCCCCCCCCCC/C=C\C/C=C\C/C=C\C/C=C\C/C=C\CC)OC(=O)CCCCCCCCCCCCCCCCC. The molecule has 0 aliphatic heterocycles. The van der Waals surface area contributed by atoms with Gasteiger partial charge in [-0.3, -0.25) is 32.5 Å². The Kier molecular flexibility index (Phi) is 87.6. The standard InChI is InChI=1S/C99H174O16P2/c1-4-7-10-13-16-19-22-25-28-30-32-34-36-38-40-42-44-46-48-50-52-54-56-58-60-62-65-67-70-73-76-79-82-85-97(102)109-88-94(100)89-111-116(105,106)112-90-95(101)91-113-117(107,108)114-93-96(115-99(104)87-84-81-78-75-72-69-64-27-24-21-18-15-12-9-6-3)92-110-98(103)86-83-80-77-74-71-68-66-63-61-59-57-55-53-51-49-47-45-43-41-39-37-35-33-31-29-26-23-20-17-14-11-8-5-2/h7-8,10-11,16-17,19-20,25-26,28-29,32-35,38-41,44,46,94-96,100-101H,4-6,9,12-15,18,21-24,27,30-31,36-37,42-43,45,47-93H2,1-3H3,(H,105,106)(H,107,108)/b10-7-,11-8-,19-16-,20-17-,28-25-,29-26-,34-32-,35-33-,40-38-,41-39-,46-44-. The molecule has 0 aliphatic carbocycles. The third-order valence-corrected chi connectivity index (χ3v) is 22.3. The molecule has 0 fully saturated rings. The summed E-state index contributed by atoms with van der Waals surface area (Å²) in [7, 11) is -9.79. The summed E-state index contributed by atoms with van der Waals surface area (Å²) in [5, 5.41) is 20.7. The molecular weight excluding hydrogens is 1510 g/mol. The predicted molar refractivity (Wildman–Crippen MR) is 491 cm³/mol. The molecule has 16 nitrogen and oxygen atoms in total. The van der Waals surface area contributed by atoms with Gasteiger partial charge in [-0.05, 0) is 116 Å². The molecule has 5 atom stereocenters. The van der Waals surface area contributed by atoms with E-state index in [2.05, 4.69) is 154 Å². The first-order valence-corrected chi connectivity index (χ1v) is 50.5. The maximum atomic E-state index is 13.0. The minimum atomic E-state index is -4.93. The van der Waals surface area contributed by atoms with E-state index in [-0.39, 0.29) is 19.3 Å². The van der Waals surface area contributed by atoms with Crippen molar-refractivity contribution in [1.82, 2.24) is 0 Å². The van der Waals surface area contributed by atoms with Crippen molar-refractivity contribution in [1.29, 1.82) is 0 Å². The summed E-state index contributed by atoms with van der Waals surface area (Å²) >= 11 is 0. The average molecular weight is 1680 g/mol. The van der Waals surface area contributed by atoms with Crippen molar-refractivity contribution in [3.63, 3.8) is 0 Å². The van der Waals surface area contributed by atoms with Gasteiger partial charge in [0.2, 0.25) is 0 Å². The van der Waals surface area contributed by atoms with Crippen LogP contribution in [0.1, 0.15) is 419 Å². The lowest BCUT2D eigenvalue weighted by molar-refractivity contribution is -0.161. The fourth-order valence-corrected chi connectivity index (χ4v) is 14.8. The van der Waals surface area contributed by atoms with E-state index in [0.29, 0.717) is 19.3 Å². The molecule has 0 radical (unpaired) electrons. The van der Waals surface area contributed by atoms with Crippen molar-refractivity contribution in [3.05, 3.63) is 134 Å². The number of carbonyl (C=O) groups excluding carboxylic acids is 3. The Morgan fingerprint density at radius 1 is 0.248 bits per heavy atom. The van der Waals surface area contributed by atoms with Crippen LogP contribution in [0.4, 0.5) is 0 Å². The Bertz CT molecular complexity index is 2660. The van der Waals surface area contributed by atoms with Gasteiger partial charge in [0.05, 0.1) is 26.4 Å². The maximum Gasteiger partial charge on any atom is 0.472 e. The molecule has 0 bridgehead atoms. The second-order valence-electron chi connectivity index (χ2n) is 31.8. The van der Waals surface area contributed by atoms with Crippen molar-refractivity contribution in [2.75, 3.05) is 39.6 Å². The van der Waals surface area contributed by atoms with Crippen LogP contribution in [-0.4, -0.2) is 95.9 Å². The van der Waals surface area contributed by atoms with Gasteiger partial charge in [-0.15, -0.1) is 0 Å². The smallest absolute Gasteiger partial charge is 0.463 e.